The highest BCUT2D eigenvalue weighted by atomic mass is 35.5. The van der Waals surface area contributed by atoms with Gasteiger partial charge in [0, 0.05) is 35.8 Å². The molecule has 1 aromatic heterocycles. The lowest BCUT2D eigenvalue weighted by Crippen LogP contribution is -2.47. The first-order valence-corrected chi connectivity index (χ1v) is 21.4. The van der Waals surface area contributed by atoms with E-state index in [-0.39, 0.29) is 0 Å². The molecule has 2 aliphatic rings. The molecule has 0 saturated carbocycles. The van der Waals surface area contributed by atoms with Crippen LogP contribution in [-0.2, 0) is 11.0 Å². The quantitative estimate of drug-likeness (QED) is 0.0659. The molecule has 6 rings (SSSR count). The number of para-hydroxylation sites is 1. The van der Waals surface area contributed by atoms with Gasteiger partial charge in [-0.2, -0.15) is 4.98 Å². The summed E-state index contributed by atoms with van der Waals surface area (Å²) in [6.07, 6.45) is 9.63. The Kier molecular flexibility index (Phi) is 12.2. The summed E-state index contributed by atoms with van der Waals surface area (Å²) in [4.78, 5) is 14.3. The average molecular weight is 746 g/mol. The highest BCUT2D eigenvalue weighted by Crippen LogP contribution is 2.44. The highest BCUT2D eigenvalue weighted by Gasteiger charge is 2.38. The van der Waals surface area contributed by atoms with E-state index in [1.807, 2.05) is 48.5 Å². The topological polar surface area (TPSA) is 118 Å². The first-order chi connectivity index (χ1) is 25.1. The number of nitrogen functional groups attached to an aromatic ring is 1. The van der Waals surface area contributed by atoms with Gasteiger partial charge in [-0.15, -0.1) is 0 Å². The molecule has 12 heteroatoms. The molecule has 0 radical (unpaired) electrons. The third-order valence-corrected chi connectivity index (χ3v) is 12.4. The second kappa shape index (κ2) is 16.8. The molecule has 3 heterocycles. The van der Waals surface area contributed by atoms with Crippen LogP contribution in [0.15, 0.2) is 66.9 Å². The van der Waals surface area contributed by atoms with Crippen LogP contribution in [0.4, 0.5) is 34.5 Å². The SMILES string of the molecule is CCc1cc(Nc2ncc(Cl)c(Nc3ccccc3P(C)(C)=O)n2)c(OC)cc1N1CCC2(CCN(CCCCOc3ccc(N)cc3)CC2)CC1. The fourth-order valence-corrected chi connectivity index (χ4v) is 8.73. The van der Waals surface area contributed by atoms with Crippen LogP contribution in [0.25, 0.3) is 0 Å². The van der Waals surface area contributed by atoms with Gasteiger partial charge in [0.25, 0.3) is 0 Å². The van der Waals surface area contributed by atoms with E-state index in [1.54, 1.807) is 26.6 Å². The Morgan fingerprint density at radius 1 is 0.942 bits per heavy atom. The Hall–Kier alpha value is -3.98. The maximum absolute atomic E-state index is 12.9. The zero-order valence-electron chi connectivity index (χ0n) is 31.0. The largest absolute Gasteiger partial charge is 0.494 e. The van der Waals surface area contributed by atoms with Gasteiger partial charge in [-0.05, 0) is 131 Å². The molecular weight excluding hydrogens is 693 g/mol. The maximum atomic E-state index is 12.9. The average Bonchev–Trinajstić information content (AvgIpc) is 3.14. The van der Waals surface area contributed by atoms with Crippen molar-refractivity contribution < 1.29 is 14.0 Å². The van der Waals surface area contributed by atoms with Crippen molar-refractivity contribution in [2.75, 3.05) is 81.0 Å². The van der Waals surface area contributed by atoms with E-state index in [2.05, 4.69) is 49.5 Å². The summed E-state index contributed by atoms with van der Waals surface area (Å²) >= 11 is 6.52. The Balaban J connectivity index is 1.04. The highest BCUT2D eigenvalue weighted by molar-refractivity contribution is 7.70. The van der Waals surface area contributed by atoms with Crippen molar-refractivity contribution in [3.63, 3.8) is 0 Å². The second-order valence-electron chi connectivity index (χ2n) is 14.5. The van der Waals surface area contributed by atoms with Gasteiger partial charge in [0.1, 0.15) is 23.7 Å². The monoisotopic (exact) mass is 745 g/mol. The minimum absolute atomic E-state index is 0.365. The van der Waals surface area contributed by atoms with E-state index in [0.717, 1.165) is 73.7 Å². The first kappa shape index (κ1) is 37.8. The van der Waals surface area contributed by atoms with E-state index < -0.39 is 7.14 Å². The minimum Gasteiger partial charge on any atom is -0.494 e. The molecule has 0 aliphatic carbocycles. The smallest absolute Gasteiger partial charge is 0.229 e. The summed E-state index contributed by atoms with van der Waals surface area (Å²) in [6.45, 7) is 12.0. The lowest BCUT2D eigenvalue weighted by molar-refractivity contribution is 0.0782. The number of nitrogens with zero attached hydrogens (tertiary/aromatic N) is 4. The molecule has 2 saturated heterocycles. The van der Waals surface area contributed by atoms with E-state index in [1.165, 1.54) is 50.0 Å². The number of anilines is 6. The van der Waals surface area contributed by atoms with Crippen LogP contribution in [0, 0.1) is 5.41 Å². The molecule has 4 aromatic rings. The van der Waals surface area contributed by atoms with E-state index in [9.17, 15) is 4.57 Å². The molecule has 0 atom stereocenters. The molecule has 0 amide bonds. The number of hydrogen-bond acceptors (Lipinski definition) is 10. The summed E-state index contributed by atoms with van der Waals surface area (Å²) in [5, 5.41) is 7.76. The number of nitrogens with two attached hydrogens (primary N) is 1. The van der Waals surface area contributed by atoms with Crippen LogP contribution < -0.4 is 36.0 Å². The molecule has 52 heavy (non-hydrogen) atoms. The minimum atomic E-state index is -2.53. The molecule has 4 N–H and O–H groups in total. The number of benzene rings is 3. The van der Waals surface area contributed by atoms with Gasteiger partial charge in [-0.1, -0.05) is 30.7 Å². The Bertz CT molecular complexity index is 1850. The van der Waals surface area contributed by atoms with Crippen LogP contribution in [0.2, 0.25) is 5.02 Å². The molecule has 0 bridgehead atoms. The summed E-state index contributed by atoms with van der Waals surface area (Å²) in [6, 6.07) is 19.5. The molecule has 278 valence electrons. The number of likely N-dealkylation sites (tertiary alicyclic amines) is 1. The summed E-state index contributed by atoms with van der Waals surface area (Å²) < 4.78 is 24.7. The lowest BCUT2D eigenvalue weighted by Gasteiger charge is -2.47. The molecule has 2 fully saturated rings. The number of unbranched alkanes of at least 4 members (excludes halogenated alkanes) is 1. The second-order valence-corrected chi connectivity index (χ2v) is 18.1. The molecule has 1 spiro atoms. The van der Waals surface area contributed by atoms with Gasteiger partial charge in [0.15, 0.2) is 5.82 Å². The molecule has 3 aromatic carbocycles. The number of aryl methyl sites for hydroxylation is 1. The molecule has 2 aliphatic heterocycles. The molecule has 0 unspecified atom stereocenters. The number of ether oxygens (including phenoxy) is 2. The van der Waals surface area contributed by atoms with Crippen LogP contribution >= 0.6 is 18.7 Å². The van der Waals surface area contributed by atoms with Gasteiger partial charge in [-0.25, -0.2) is 4.98 Å². The summed E-state index contributed by atoms with van der Waals surface area (Å²) in [5.41, 5.74) is 10.9. The van der Waals surface area contributed by atoms with Crippen molar-refractivity contribution in [1.82, 2.24) is 14.9 Å². The van der Waals surface area contributed by atoms with Crippen molar-refractivity contribution in [3.05, 3.63) is 77.4 Å². The molecular formula is C40H53ClN7O3P. The third-order valence-electron chi connectivity index (χ3n) is 10.6. The van der Waals surface area contributed by atoms with Crippen molar-refractivity contribution in [2.45, 2.75) is 51.9 Å². The number of halogens is 1. The molecule has 10 nitrogen and oxygen atoms in total. The van der Waals surface area contributed by atoms with Crippen molar-refractivity contribution >= 4 is 58.6 Å². The van der Waals surface area contributed by atoms with Gasteiger partial charge in [-0.3, -0.25) is 0 Å². The predicted molar refractivity (Wildman–Crippen MR) is 217 cm³/mol. The summed E-state index contributed by atoms with van der Waals surface area (Å²) in [5.74, 6) is 2.43. The van der Waals surface area contributed by atoms with Gasteiger partial charge < -0.3 is 40.2 Å². The number of methoxy groups -OCH3 is 1. The maximum Gasteiger partial charge on any atom is 0.229 e. The summed E-state index contributed by atoms with van der Waals surface area (Å²) in [7, 11) is -0.835. The fourth-order valence-electron chi connectivity index (χ4n) is 7.43. The number of aromatic nitrogens is 2. The predicted octanol–water partition coefficient (Wildman–Crippen LogP) is 8.56. The zero-order valence-corrected chi connectivity index (χ0v) is 32.6. The number of nitrogens with one attached hydrogen (secondary N) is 2. The van der Waals surface area contributed by atoms with Crippen molar-refractivity contribution in [1.29, 1.82) is 0 Å². The van der Waals surface area contributed by atoms with Gasteiger partial charge in [0.2, 0.25) is 5.95 Å². The first-order valence-electron chi connectivity index (χ1n) is 18.4. The number of hydrogen-bond donors (Lipinski definition) is 3. The fraction of sp³-hybridized carbons (Fsp3) is 0.450. The standard InChI is InChI=1S/C40H53ClN7O3P/c1-5-29-26-34(45-39-43-28-32(41)38(46-39)44-33-10-6-7-11-37(33)52(3,4)49)36(50-2)27-35(29)48-23-18-40(19-24-48)16-21-47(22-17-40)20-8-9-25-51-31-14-12-30(42)13-15-31/h6-7,10-15,26-28H,5,8-9,16-25,42H2,1-4H3,(H2,43,44,45,46). The van der Waals surface area contributed by atoms with E-state index >= 15 is 0 Å². The van der Waals surface area contributed by atoms with E-state index in [0.29, 0.717) is 27.9 Å². The normalized spacial score (nSPS) is 16.1. The Labute approximate surface area is 313 Å². The van der Waals surface area contributed by atoms with Crippen molar-refractivity contribution in [3.8, 4) is 11.5 Å². The van der Waals surface area contributed by atoms with E-state index in [4.69, 9.17) is 26.8 Å². The number of rotatable bonds is 14. The Morgan fingerprint density at radius 3 is 2.35 bits per heavy atom. The van der Waals surface area contributed by atoms with Crippen LogP contribution in [0.5, 0.6) is 11.5 Å². The van der Waals surface area contributed by atoms with Gasteiger partial charge in [0.05, 0.1) is 31.3 Å². The Morgan fingerprint density at radius 2 is 1.65 bits per heavy atom. The van der Waals surface area contributed by atoms with Crippen molar-refractivity contribution in [2.24, 2.45) is 5.41 Å². The number of piperidine rings is 2. The van der Waals surface area contributed by atoms with Crippen LogP contribution in [0.1, 0.15) is 51.0 Å². The third kappa shape index (κ3) is 9.32. The van der Waals surface area contributed by atoms with Gasteiger partial charge >= 0.3 is 0 Å². The lowest BCUT2D eigenvalue weighted by atomic mass is 9.71. The van der Waals surface area contributed by atoms with Crippen LogP contribution in [0.3, 0.4) is 0 Å². The zero-order chi connectivity index (χ0) is 36.7. The van der Waals surface area contributed by atoms with Crippen LogP contribution in [-0.4, -0.2) is 74.6 Å².